The summed E-state index contributed by atoms with van der Waals surface area (Å²) >= 11 is 2.88. The molecule has 0 aromatic heterocycles. The molecule has 2 aromatic rings. The van der Waals surface area contributed by atoms with E-state index in [1.807, 2.05) is 72.8 Å². The van der Waals surface area contributed by atoms with Gasteiger partial charge in [-0.15, -0.1) is 0 Å². The monoisotopic (exact) mass is 294 g/mol. The van der Waals surface area contributed by atoms with Gasteiger partial charge < -0.3 is 0 Å². The van der Waals surface area contributed by atoms with E-state index >= 15 is 0 Å². The van der Waals surface area contributed by atoms with Crippen LogP contribution >= 0.6 is 23.5 Å². The van der Waals surface area contributed by atoms with Gasteiger partial charge in [0.25, 0.3) is 0 Å². The molecule has 0 aliphatic carbocycles. The molecule has 0 fully saturated rings. The molecule has 2 rings (SSSR count). The second kappa shape index (κ2) is 7.45. The first-order chi connectivity index (χ1) is 9.83. The van der Waals surface area contributed by atoms with Gasteiger partial charge in [-0.2, -0.15) is 10.5 Å². The third kappa shape index (κ3) is 3.93. The Bertz CT molecular complexity index is 620. The molecule has 20 heavy (non-hydrogen) atoms. The van der Waals surface area contributed by atoms with Crippen LogP contribution in [0, 0.1) is 22.7 Å². The second-order valence-electron chi connectivity index (χ2n) is 3.72. The van der Waals surface area contributed by atoms with Gasteiger partial charge in [0.05, 0.1) is 4.24 Å². The lowest BCUT2D eigenvalue weighted by Crippen LogP contribution is -1.81. The summed E-state index contributed by atoms with van der Waals surface area (Å²) in [4.78, 5) is 2.02. The zero-order valence-electron chi connectivity index (χ0n) is 10.5. The van der Waals surface area contributed by atoms with Crippen LogP contribution in [-0.4, -0.2) is 0 Å². The molecule has 0 N–H and O–H groups in total. The number of thioether (sulfide) groups is 2. The van der Waals surface area contributed by atoms with Crippen molar-refractivity contribution in [1.82, 2.24) is 0 Å². The zero-order chi connectivity index (χ0) is 14.2. The third-order valence-corrected chi connectivity index (χ3v) is 4.63. The molecule has 2 nitrogen and oxygen atoms in total. The smallest absolute Gasteiger partial charge is 0.150 e. The third-order valence-electron chi connectivity index (χ3n) is 2.34. The van der Waals surface area contributed by atoms with Crippen LogP contribution in [0.15, 0.2) is 80.3 Å². The van der Waals surface area contributed by atoms with Gasteiger partial charge in [-0.05, 0) is 24.3 Å². The molecule has 4 heteroatoms. The molecular formula is C16H10N2S2. The highest BCUT2D eigenvalue weighted by Gasteiger charge is 2.10. The average molecular weight is 294 g/mol. The van der Waals surface area contributed by atoms with Crippen LogP contribution in [0.25, 0.3) is 0 Å². The number of hydrogen-bond donors (Lipinski definition) is 0. The summed E-state index contributed by atoms with van der Waals surface area (Å²) in [5.74, 6) is 0. The van der Waals surface area contributed by atoms with Crippen molar-refractivity contribution in [2.75, 3.05) is 0 Å². The van der Waals surface area contributed by atoms with Crippen molar-refractivity contribution < 1.29 is 0 Å². The van der Waals surface area contributed by atoms with Gasteiger partial charge in [-0.3, -0.25) is 0 Å². The first kappa shape index (κ1) is 14.3. The van der Waals surface area contributed by atoms with Crippen LogP contribution in [0.5, 0.6) is 0 Å². The van der Waals surface area contributed by atoms with Crippen molar-refractivity contribution in [2.45, 2.75) is 9.79 Å². The van der Waals surface area contributed by atoms with Crippen molar-refractivity contribution in [3.8, 4) is 12.1 Å². The topological polar surface area (TPSA) is 47.6 Å². The molecular weight excluding hydrogens is 284 g/mol. The minimum atomic E-state index is 0.146. The summed E-state index contributed by atoms with van der Waals surface area (Å²) in [6, 6.07) is 23.4. The van der Waals surface area contributed by atoms with E-state index in [0.717, 1.165) is 9.79 Å². The van der Waals surface area contributed by atoms with E-state index in [2.05, 4.69) is 0 Å². The lowest BCUT2D eigenvalue weighted by atomic mass is 10.4. The molecule has 0 saturated carbocycles. The first-order valence-electron chi connectivity index (χ1n) is 5.84. The maximum absolute atomic E-state index is 9.10. The highest BCUT2D eigenvalue weighted by molar-refractivity contribution is 8.22. The Morgan fingerprint density at radius 2 is 1.10 bits per heavy atom. The molecule has 2 aromatic carbocycles. The van der Waals surface area contributed by atoms with E-state index in [-0.39, 0.29) is 5.57 Å². The molecule has 0 aliphatic rings. The van der Waals surface area contributed by atoms with Gasteiger partial charge in [-0.25, -0.2) is 0 Å². The van der Waals surface area contributed by atoms with Gasteiger partial charge in [0.2, 0.25) is 0 Å². The highest BCUT2D eigenvalue weighted by atomic mass is 32.2. The van der Waals surface area contributed by atoms with E-state index in [4.69, 9.17) is 10.5 Å². The van der Waals surface area contributed by atoms with Crippen LogP contribution in [0.1, 0.15) is 0 Å². The van der Waals surface area contributed by atoms with E-state index in [1.165, 1.54) is 23.5 Å². The van der Waals surface area contributed by atoms with Crippen molar-refractivity contribution in [3.05, 3.63) is 70.5 Å². The Hall–Kier alpha value is -2.14. The largest absolute Gasteiger partial charge is 0.192 e. The average Bonchev–Trinajstić information content (AvgIpc) is 2.50. The number of nitriles is 2. The Labute approximate surface area is 126 Å². The van der Waals surface area contributed by atoms with E-state index in [1.54, 1.807) is 0 Å². The molecule has 0 amide bonds. The van der Waals surface area contributed by atoms with Crippen molar-refractivity contribution >= 4 is 23.5 Å². The van der Waals surface area contributed by atoms with Gasteiger partial charge in [0.1, 0.15) is 17.7 Å². The quantitative estimate of drug-likeness (QED) is 0.598. The Kier molecular flexibility index (Phi) is 5.32. The van der Waals surface area contributed by atoms with Crippen LogP contribution in [0.2, 0.25) is 0 Å². The number of hydrogen-bond acceptors (Lipinski definition) is 4. The summed E-state index contributed by atoms with van der Waals surface area (Å²) in [5, 5.41) is 18.2. The molecule has 0 atom stereocenters. The van der Waals surface area contributed by atoms with Crippen LogP contribution in [0.4, 0.5) is 0 Å². The fraction of sp³-hybridized carbons (Fsp3) is 0. The predicted molar refractivity (Wildman–Crippen MR) is 82.9 cm³/mol. The van der Waals surface area contributed by atoms with Crippen molar-refractivity contribution in [2.24, 2.45) is 0 Å². The summed E-state index contributed by atoms with van der Waals surface area (Å²) in [6.07, 6.45) is 0. The van der Waals surface area contributed by atoms with Gasteiger partial charge in [0.15, 0.2) is 0 Å². The predicted octanol–water partition coefficient (Wildman–Crippen LogP) is 4.83. The Balaban J connectivity index is 2.30. The number of allylic oxidation sites excluding steroid dienone is 1. The fourth-order valence-corrected chi connectivity index (χ4v) is 3.58. The zero-order valence-corrected chi connectivity index (χ0v) is 12.1. The highest BCUT2D eigenvalue weighted by Crippen LogP contribution is 2.40. The molecule has 96 valence electrons. The molecule has 0 heterocycles. The summed E-state index contributed by atoms with van der Waals surface area (Å²) in [5.41, 5.74) is 0.146. The van der Waals surface area contributed by atoms with E-state index in [9.17, 15) is 0 Å². The number of nitrogens with zero attached hydrogens (tertiary/aromatic N) is 2. The lowest BCUT2D eigenvalue weighted by molar-refractivity contribution is 1.45. The molecule has 0 unspecified atom stereocenters. The summed E-state index contributed by atoms with van der Waals surface area (Å²) < 4.78 is 0.701. The van der Waals surface area contributed by atoms with Gasteiger partial charge in [-0.1, -0.05) is 59.9 Å². The molecule has 0 radical (unpaired) electrons. The molecule has 0 aliphatic heterocycles. The van der Waals surface area contributed by atoms with E-state index in [0.29, 0.717) is 4.24 Å². The van der Waals surface area contributed by atoms with Crippen LogP contribution < -0.4 is 0 Å². The number of benzene rings is 2. The van der Waals surface area contributed by atoms with E-state index < -0.39 is 0 Å². The van der Waals surface area contributed by atoms with Crippen molar-refractivity contribution in [1.29, 1.82) is 10.5 Å². The standard InChI is InChI=1S/C16H10N2S2/c17-11-13(12-18)16(19-14-7-3-1-4-8-14)20-15-9-5-2-6-10-15/h1-10H. The minimum absolute atomic E-state index is 0.146. The molecule has 0 spiro atoms. The lowest BCUT2D eigenvalue weighted by Gasteiger charge is -2.06. The fourth-order valence-electron chi connectivity index (χ4n) is 1.43. The van der Waals surface area contributed by atoms with Crippen molar-refractivity contribution in [3.63, 3.8) is 0 Å². The van der Waals surface area contributed by atoms with Crippen LogP contribution in [-0.2, 0) is 0 Å². The summed E-state index contributed by atoms with van der Waals surface area (Å²) in [6.45, 7) is 0. The minimum Gasteiger partial charge on any atom is -0.192 e. The Morgan fingerprint density at radius 1 is 0.700 bits per heavy atom. The van der Waals surface area contributed by atoms with Crippen LogP contribution in [0.3, 0.4) is 0 Å². The maximum atomic E-state index is 9.10. The molecule has 0 bridgehead atoms. The maximum Gasteiger partial charge on any atom is 0.150 e. The SMILES string of the molecule is N#CC(C#N)=C(Sc1ccccc1)Sc1ccccc1. The van der Waals surface area contributed by atoms with Gasteiger partial charge in [0, 0.05) is 9.79 Å². The number of rotatable bonds is 4. The van der Waals surface area contributed by atoms with Gasteiger partial charge >= 0.3 is 0 Å². The molecule has 0 saturated heterocycles. The second-order valence-corrected chi connectivity index (χ2v) is 6.14. The Morgan fingerprint density at radius 3 is 1.45 bits per heavy atom. The first-order valence-corrected chi connectivity index (χ1v) is 7.47. The summed E-state index contributed by atoms with van der Waals surface area (Å²) in [7, 11) is 0. The normalized spacial score (nSPS) is 9.30.